The quantitative estimate of drug-likeness (QED) is 0.824. The van der Waals surface area contributed by atoms with E-state index in [2.05, 4.69) is 6.07 Å². The Balaban J connectivity index is 0.000000168. The Kier molecular flexibility index (Phi) is 5.76. The molecule has 2 aromatic carbocycles. The molecule has 1 unspecified atom stereocenters. The van der Waals surface area contributed by atoms with Crippen LogP contribution in [-0.2, 0) is 16.5 Å². The number of hydrogen-bond acceptors (Lipinski definition) is 4. The van der Waals surface area contributed by atoms with Crippen molar-refractivity contribution in [3.63, 3.8) is 0 Å². The van der Waals surface area contributed by atoms with Crippen molar-refractivity contribution in [3.8, 4) is 5.75 Å². The fourth-order valence-electron chi connectivity index (χ4n) is 2.22. The van der Waals surface area contributed by atoms with Gasteiger partial charge in [-0.25, -0.2) is 0 Å². The summed E-state index contributed by atoms with van der Waals surface area (Å²) in [6.45, 7) is 1.96. The molecular weight excluding hydrogens is 316 g/mol. The van der Waals surface area contributed by atoms with E-state index in [4.69, 9.17) is 14.4 Å². The number of hydrogen-bond donors (Lipinski definition) is 2. The van der Waals surface area contributed by atoms with E-state index < -0.39 is 10.1 Å². The third-order valence-electron chi connectivity index (χ3n) is 3.52. The van der Waals surface area contributed by atoms with Gasteiger partial charge in [0.1, 0.15) is 11.9 Å². The van der Waals surface area contributed by atoms with Crippen LogP contribution in [-0.4, -0.2) is 30.8 Å². The van der Waals surface area contributed by atoms with Crippen LogP contribution in [0.25, 0.3) is 0 Å². The van der Waals surface area contributed by atoms with Gasteiger partial charge in [0.25, 0.3) is 10.1 Å². The van der Waals surface area contributed by atoms with Crippen molar-refractivity contribution in [2.45, 2.75) is 30.8 Å². The highest BCUT2D eigenvalue weighted by Crippen LogP contribution is 2.26. The highest BCUT2D eigenvalue weighted by molar-refractivity contribution is 7.85. The number of aryl methyl sites for hydroxylation is 2. The van der Waals surface area contributed by atoms with Crippen LogP contribution in [0, 0.1) is 6.92 Å². The molecule has 124 valence electrons. The molecule has 0 bridgehead atoms. The summed E-state index contributed by atoms with van der Waals surface area (Å²) in [4.78, 5) is -0.0666. The summed E-state index contributed by atoms with van der Waals surface area (Å²) in [6.07, 6.45) is 1.94. The standard InChI is InChI=1S/C10H12O2.C7H8O3S/c11-7-9-6-5-8-3-1-2-4-10(8)12-9;1-6-2-4-7(5-3-6)11(8,9)10/h1-4,9,11H,5-7H2;2-5H,1H3,(H,8,9,10). The van der Waals surface area contributed by atoms with E-state index >= 15 is 0 Å². The molecule has 2 N–H and O–H groups in total. The average molecular weight is 336 g/mol. The van der Waals surface area contributed by atoms with Crippen molar-refractivity contribution < 1.29 is 22.8 Å². The maximum atomic E-state index is 10.5. The Morgan fingerprint density at radius 2 is 1.78 bits per heavy atom. The molecule has 1 aliphatic heterocycles. The van der Waals surface area contributed by atoms with Gasteiger partial charge in [-0.3, -0.25) is 4.55 Å². The number of aliphatic hydroxyl groups excluding tert-OH is 1. The maximum absolute atomic E-state index is 10.5. The Morgan fingerprint density at radius 1 is 1.13 bits per heavy atom. The van der Waals surface area contributed by atoms with Gasteiger partial charge in [0, 0.05) is 0 Å². The summed E-state index contributed by atoms with van der Waals surface area (Å²) >= 11 is 0. The molecule has 1 heterocycles. The van der Waals surface area contributed by atoms with Crippen LogP contribution in [0.4, 0.5) is 0 Å². The molecule has 0 fully saturated rings. The molecule has 0 saturated carbocycles. The van der Waals surface area contributed by atoms with Crippen LogP contribution in [0.2, 0.25) is 0 Å². The Bertz CT molecular complexity index is 738. The summed E-state index contributed by atoms with van der Waals surface area (Å²) in [6, 6.07) is 14.0. The summed E-state index contributed by atoms with van der Waals surface area (Å²) in [7, 11) is -4.02. The Morgan fingerprint density at radius 3 is 2.39 bits per heavy atom. The lowest BCUT2D eigenvalue weighted by atomic mass is 10.0. The summed E-state index contributed by atoms with van der Waals surface area (Å²) in [5, 5.41) is 8.89. The van der Waals surface area contributed by atoms with E-state index in [0.29, 0.717) is 0 Å². The van der Waals surface area contributed by atoms with Crippen molar-refractivity contribution in [1.29, 1.82) is 0 Å². The van der Waals surface area contributed by atoms with Crippen LogP contribution in [0.1, 0.15) is 17.5 Å². The molecule has 1 aliphatic rings. The van der Waals surface area contributed by atoms with Crippen LogP contribution < -0.4 is 4.74 Å². The third-order valence-corrected chi connectivity index (χ3v) is 4.39. The second-order valence-corrected chi connectivity index (χ2v) is 6.78. The van der Waals surface area contributed by atoms with E-state index in [-0.39, 0.29) is 17.6 Å². The zero-order valence-electron chi connectivity index (χ0n) is 12.8. The zero-order chi connectivity index (χ0) is 16.9. The molecule has 0 saturated heterocycles. The van der Waals surface area contributed by atoms with E-state index in [9.17, 15) is 8.42 Å². The highest BCUT2D eigenvalue weighted by Gasteiger charge is 2.17. The number of fused-ring (bicyclic) bond motifs is 1. The van der Waals surface area contributed by atoms with E-state index in [1.54, 1.807) is 12.1 Å². The first-order valence-electron chi connectivity index (χ1n) is 7.29. The maximum Gasteiger partial charge on any atom is 0.294 e. The van der Waals surface area contributed by atoms with E-state index in [1.807, 2.05) is 25.1 Å². The van der Waals surface area contributed by atoms with Crippen LogP contribution in [0.3, 0.4) is 0 Å². The minimum atomic E-state index is -4.02. The monoisotopic (exact) mass is 336 g/mol. The highest BCUT2D eigenvalue weighted by atomic mass is 32.2. The van der Waals surface area contributed by atoms with Gasteiger partial charge in [-0.15, -0.1) is 0 Å². The van der Waals surface area contributed by atoms with Crippen molar-refractivity contribution in [2.75, 3.05) is 6.61 Å². The average Bonchev–Trinajstić information content (AvgIpc) is 2.54. The molecule has 6 heteroatoms. The second-order valence-electron chi connectivity index (χ2n) is 5.36. The van der Waals surface area contributed by atoms with Crippen LogP contribution in [0.15, 0.2) is 53.4 Å². The molecule has 0 aromatic heterocycles. The Hall–Kier alpha value is -1.89. The molecule has 23 heavy (non-hydrogen) atoms. The van der Waals surface area contributed by atoms with Gasteiger partial charge in [-0.2, -0.15) is 8.42 Å². The van der Waals surface area contributed by atoms with Crippen molar-refractivity contribution in [1.82, 2.24) is 0 Å². The van der Waals surface area contributed by atoms with Gasteiger partial charge in [0.2, 0.25) is 0 Å². The van der Waals surface area contributed by atoms with Gasteiger partial charge in [0.15, 0.2) is 0 Å². The zero-order valence-corrected chi connectivity index (χ0v) is 13.7. The minimum Gasteiger partial charge on any atom is -0.488 e. The summed E-state index contributed by atoms with van der Waals surface area (Å²) in [5.41, 5.74) is 2.21. The van der Waals surface area contributed by atoms with Crippen molar-refractivity contribution in [2.24, 2.45) is 0 Å². The molecule has 1 atom stereocenters. The van der Waals surface area contributed by atoms with Crippen molar-refractivity contribution in [3.05, 3.63) is 59.7 Å². The lowest BCUT2D eigenvalue weighted by molar-refractivity contribution is 0.0978. The fraction of sp³-hybridized carbons (Fsp3) is 0.294. The first kappa shape index (κ1) is 17.5. The smallest absolute Gasteiger partial charge is 0.294 e. The van der Waals surface area contributed by atoms with Gasteiger partial charge in [-0.1, -0.05) is 35.9 Å². The largest absolute Gasteiger partial charge is 0.488 e. The topological polar surface area (TPSA) is 83.8 Å². The molecule has 0 radical (unpaired) electrons. The molecule has 5 nitrogen and oxygen atoms in total. The van der Waals surface area contributed by atoms with E-state index in [1.165, 1.54) is 17.7 Å². The fourth-order valence-corrected chi connectivity index (χ4v) is 2.70. The predicted molar refractivity (Wildman–Crippen MR) is 87.3 cm³/mol. The molecule has 0 aliphatic carbocycles. The number of rotatable bonds is 2. The van der Waals surface area contributed by atoms with Crippen LogP contribution >= 0.6 is 0 Å². The molecule has 0 spiro atoms. The van der Waals surface area contributed by atoms with Crippen LogP contribution in [0.5, 0.6) is 5.75 Å². The second kappa shape index (κ2) is 7.59. The summed E-state index contributed by atoms with van der Waals surface area (Å²) < 4.78 is 35.1. The lowest BCUT2D eigenvalue weighted by Gasteiger charge is -2.24. The number of benzene rings is 2. The third kappa shape index (κ3) is 5.06. The first-order chi connectivity index (χ1) is 10.9. The number of para-hydroxylation sites is 1. The first-order valence-corrected chi connectivity index (χ1v) is 8.73. The molecule has 3 rings (SSSR count). The predicted octanol–water partition coefficient (Wildman–Crippen LogP) is 2.61. The van der Waals surface area contributed by atoms with Gasteiger partial charge >= 0.3 is 0 Å². The molecular formula is C17H20O5S. The molecule has 2 aromatic rings. The van der Waals surface area contributed by atoms with Gasteiger partial charge in [0.05, 0.1) is 11.5 Å². The SMILES string of the molecule is Cc1ccc(S(=O)(=O)O)cc1.OCC1CCc2ccccc2O1. The lowest BCUT2D eigenvalue weighted by Crippen LogP contribution is -2.25. The summed E-state index contributed by atoms with van der Waals surface area (Å²) in [5.74, 6) is 0.933. The number of ether oxygens (including phenoxy) is 1. The minimum absolute atomic E-state index is 0.0000926. The van der Waals surface area contributed by atoms with Gasteiger partial charge in [-0.05, 0) is 43.5 Å². The van der Waals surface area contributed by atoms with Crippen molar-refractivity contribution >= 4 is 10.1 Å². The number of aliphatic hydroxyl groups is 1. The van der Waals surface area contributed by atoms with Gasteiger partial charge < -0.3 is 9.84 Å². The normalized spacial score (nSPS) is 16.6. The molecule has 0 amide bonds. The van der Waals surface area contributed by atoms with E-state index in [0.717, 1.165) is 24.2 Å². The Labute approximate surface area is 136 Å².